The highest BCUT2D eigenvalue weighted by molar-refractivity contribution is 5.42. The second-order valence-electron chi connectivity index (χ2n) is 4.42. The van der Waals surface area contributed by atoms with Crippen LogP contribution >= 0.6 is 0 Å². The molecule has 0 radical (unpaired) electrons. The molecule has 0 aliphatic heterocycles. The van der Waals surface area contributed by atoms with Crippen LogP contribution in [0.1, 0.15) is 18.3 Å². The quantitative estimate of drug-likeness (QED) is 0.812. The van der Waals surface area contributed by atoms with Gasteiger partial charge in [0.25, 0.3) is 0 Å². The zero-order valence-electron chi connectivity index (χ0n) is 10.5. The lowest BCUT2D eigenvalue weighted by Gasteiger charge is -2.13. The Balaban J connectivity index is 2.20. The van der Waals surface area contributed by atoms with E-state index in [2.05, 4.69) is 34.7 Å². The van der Waals surface area contributed by atoms with Crippen molar-refractivity contribution in [2.24, 2.45) is 5.73 Å². The molecular formula is C13H20N4. The van der Waals surface area contributed by atoms with E-state index in [9.17, 15) is 0 Å². The number of imidazole rings is 1. The Morgan fingerprint density at radius 3 is 3.06 bits per heavy atom. The Kier molecular flexibility index (Phi) is 3.76. The first-order chi connectivity index (χ1) is 8.22. The van der Waals surface area contributed by atoms with Crippen LogP contribution in [0.15, 0.2) is 24.4 Å². The van der Waals surface area contributed by atoms with Gasteiger partial charge in [0.1, 0.15) is 5.65 Å². The first-order valence-corrected chi connectivity index (χ1v) is 6.08. The molecule has 0 saturated heterocycles. The lowest BCUT2D eigenvalue weighted by atomic mass is 10.1. The normalized spacial score (nSPS) is 13.1. The van der Waals surface area contributed by atoms with Crippen LogP contribution in [0.2, 0.25) is 0 Å². The number of nitrogens with one attached hydrogen (secondary N) is 1. The highest BCUT2D eigenvalue weighted by atomic mass is 15.0. The summed E-state index contributed by atoms with van der Waals surface area (Å²) in [6, 6.07) is 6.50. The molecule has 0 amide bonds. The van der Waals surface area contributed by atoms with Gasteiger partial charge in [-0.1, -0.05) is 6.07 Å². The highest BCUT2D eigenvalue weighted by Gasteiger charge is 2.11. The predicted octanol–water partition coefficient (Wildman–Crippen LogP) is 1.12. The van der Waals surface area contributed by atoms with Crippen molar-refractivity contribution in [3.05, 3.63) is 35.8 Å². The van der Waals surface area contributed by atoms with Crippen molar-refractivity contribution < 1.29 is 0 Å². The minimum Gasteiger partial charge on any atom is -0.329 e. The van der Waals surface area contributed by atoms with E-state index in [0.717, 1.165) is 24.3 Å². The fourth-order valence-corrected chi connectivity index (χ4v) is 2.10. The molecule has 92 valence electrons. The number of hydrogen-bond donors (Lipinski definition) is 2. The minimum absolute atomic E-state index is 0.414. The van der Waals surface area contributed by atoms with Gasteiger partial charge in [-0.05, 0) is 26.0 Å². The zero-order valence-corrected chi connectivity index (χ0v) is 10.5. The molecule has 17 heavy (non-hydrogen) atoms. The number of aromatic nitrogens is 2. The van der Waals surface area contributed by atoms with E-state index in [-0.39, 0.29) is 0 Å². The number of rotatable bonds is 5. The van der Waals surface area contributed by atoms with Gasteiger partial charge >= 0.3 is 0 Å². The molecule has 4 heteroatoms. The molecule has 3 N–H and O–H groups in total. The van der Waals surface area contributed by atoms with Crippen molar-refractivity contribution in [3.63, 3.8) is 0 Å². The van der Waals surface area contributed by atoms with Crippen LogP contribution in [0.4, 0.5) is 0 Å². The van der Waals surface area contributed by atoms with E-state index in [4.69, 9.17) is 5.73 Å². The molecule has 0 saturated carbocycles. The van der Waals surface area contributed by atoms with Crippen LogP contribution in [-0.2, 0) is 6.42 Å². The van der Waals surface area contributed by atoms with Crippen molar-refractivity contribution in [2.75, 3.05) is 13.1 Å². The van der Waals surface area contributed by atoms with Crippen LogP contribution in [0.3, 0.4) is 0 Å². The maximum Gasteiger partial charge on any atom is 0.137 e. The molecule has 0 aromatic carbocycles. The third-order valence-corrected chi connectivity index (χ3v) is 2.97. The number of nitrogens with two attached hydrogens (primary N) is 1. The number of fused-ring (bicyclic) bond motifs is 1. The Labute approximate surface area is 102 Å². The molecule has 1 atom stereocenters. The van der Waals surface area contributed by atoms with E-state index >= 15 is 0 Å². The molecule has 2 rings (SSSR count). The SMILES string of the molecule is Cc1nc2ccccn2c1CC(C)NCCN. The van der Waals surface area contributed by atoms with Crippen LogP contribution < -0.4 is 11.1 Å². The number of hydrogen-bond acceptors (Lipinski definition) is 3. The average Bonchev–Trinajstić information content (AvgIpc) is 2.64. The lowest BCUT2D eigenvalue weighted by molar-refractivity contribution is 0.545. The second kappa shape index (κ2) is 5.29. The first-order valence-electron chi connectivity index (χ1n) is 6.08. The van der Waals surface area contributed by atoms with E-state index in [1.807, 2.05) is 18.2 Å². The summed E-state index contributed by atoms with van der Waals surface area (Å²) in [4.78, 5) is 4.56. The topological polar surface area (TPSA) is 55.3 Å². The molecule has 1 unspecified atom stereocenters. The zero-order chi connectivity index (χ0) is 12.3. The Morgan fingerprint density at radius 1 is 1.47 bits per heavy atom. The fourth-order valence-electron chi connectivity index (χ4n) is 2.10. The van der Waals surface area contributed by atoms with Crippen LogP contribution in [0, 0.1) is 6.92 Å². The molecule has 2 aromatic heterocycles. The molecule has 4 nitrogen and oxygen atoms in total. The third kappa shape index (κ3) is 2.65. The fraction of sp³-hybridized carbons (Fsp3) is 0.462. The van der Waals surface area contributed by atoms with Gasteiger partial charge in [-0.15, -0.1) is 0 Å². The van der Waals surface area contributed by atoms with Crippen molar-refractivity contribution in [1.82, 2.24) is 14.7 Å². The summed E-state index contributed by atoms with van der Waals surface area (Å²) >= 11 is 0. The van der Waals surface area contributed by atoms with Gasteiger partial charge in [-0.2, -0.15) is 0 Å². The van der Waals surface area contributed by atoms with Gasteiger partial charge in [0.2, 0.25) is 0 Å². The standard InChI is InChI=1S/C13H20N4/c1-10(15-7-6-14)9-12-11(2)16-13-5-3-4-8-17(12)13/h3-5,8,10,15H,6-7,9,14H2,1-2H3. The molecule has 0 bridgehead atoms. The maximum absolute atomic E-state index is 5.49. The van der Waals surface area contributed by atoms with E-state index in [0.29, 0.717) is 12.6 Å². The molecule has 0 fully saturated rings. The second-order valence-corrected chi connectivity index (χ2v) is 4.42. The number of pyridine rings is 1. The molecule has 0 aliphatic rings. The molecule has 0 aliphatic carbocycles. The van der Waals surface area contributed by atoms with Gasteiger partial charge < -0.3 is 15.5 Å². The summed E-state index contributed by atoms with van der Waals surface area (Å²) in [5.41, 5.74) is 8.89. The summed E-state index contributed by atoms with van der Waals surface area (Å²) in [5, 5.41) is 3.40. The number of aryl methyl sites for hydroxylation is 1. The van der Waals surface area contributed by atoms with E-state index < -0.39 is 0 Å². The van der Waals surface area contributed by atoms with Gasteiger partial charge in [-0.3, -0.25) is 0 Å². The van der Waals surface area contributed by atoms with E-state index in [1.54, 1.807) is 0 Å². The summed E-state index contributed by atoms with van der Waals surface area (Å²) in [5.74, 6) is 0. The van der Waals surface area contributed by atoms with Crippen molar-refractivity contribution in [2.45, 2.75) is 26.3 Å². The van der Waals surface area contributed by atoms with Crippen molar-refractivity contribution >= 4 is 5.65 Å². The lowest BCUT2D eigenvalue weighted by Crippen LogP contribution is -2.33. The Morgan fingerprint density at radius 2 is 2.29 bits per heavy atom. The van der Waals surface area contributed by atoms with Gasteiger partial charge in [-0.25, -0.2) is 4.98 Å². The van der Waals surface area contributed by atoms with Gasteiger partial charge in [0.05, 0.1) is 5.69 Å². The summed E-state index contributed by atoms with van der Waals surface area (Å²) in [6.07, 6.45) is 3.04. The predicted molar refractivity (Wildman–Crippen MR) is 70.2 cm³/mol. The van der Waals surface area contributed by atoms with Crippen LogP contribution in [-0.4, -0.2) is 28.5 Å². The molecule has 2 aromatic rings. The summed E-state index contributed by atoms with van der Waals surface area (Å²) in [7, 11) is 0. The monoisotopic (exact) mass is 232 g/mol. The third-order valence-electron chi connectivity index (χ3n) is 2.97. The number of nitrogens with zero attached hydrogens (tertiary/aromatic N) is 2. The molecule has 2 heterocycles. The largest absolute Gasteiger partial charge is 0.329 e. The maximum atomic E-state index is 5.49. The average molecular weight is 232 g/mol. The Bertz CT molecular complexity index is 489. The van der Waals surface area contributed by atoms with Crippen molar-refractivity contribution in [1.29, 1.82) is 0 Å². The van der Waals surface area contributed by atoms with Gasteiger partial charge in [0, 0.05) is 37.4 Å². The van der Waals surface area contributed by atoms with Crippen molar-refractivity contribution in [3.8, 4) is 0 Å². The minimum atomic E-state index is 0.414. The van der Waals surface area contributed by atoms with Crippen LogP contribution in [0.5, 0.6) is 0 Å². The molecule has 0 spiro atoms. The van der Waals surface area contributed by atoms with Gasteiger partial charge in [0.15, 0.2) is 0 Å². The smallest absolute Gasteiger partial charge is 0.137 e. The summed E-state index contributed by atoms with van der Waals surface area (Å²) < 4.78 is 2.16. The Hall–Kier alpha value is -1.39. The highest BCUT2D eigenvalue weighted by Crippen LogP contribution is 2.13. The van der Waals surface area contributed by atoms with Crippen LogP contribution in [0.25, 0.3) is 5.65 Å². The molecular weight excluding hydrogens is 212 g/mol. The summed E-state index contributed by atoms with van der Waals surface area (Å²) in [6.45, 7) is 5.78. The van der Waals surface area contributed by atoms with E-state index in [1.165, 1.54) is 5.69 Å². The first kappa shape index (κ1) is 12.1.